The van der Waals surface area contributed by atoms with Crippen molar-refractivity contribution in [2.75, 3.05) is 0 Å². The smallest absolute Gasteiger partial charge is 0.00199 e. The van der Waals surface area contributed by atoms with Gasteiger partial charge in [0.05, 0.1) is 0 Å². The molecule has 204 valence electrons. The molecule has 9 rings (SSSR count). The summed E-state index contributed by atoms with van der Waals surface area (Å²) in [6.45, 7) is 0. The molecular formula is C44H28. The van der Waals surface area contributed by atoms with E-state index in [1.165, 1.54) is 87.2 Å². The number of fused-ring (bicyclic) bond motifs is 6. The molecule has 0 nitrogen and oxygen atoms in total. The molecule has 0 spiro atoms. The lowest BCUT2D eigenvalue weighted by Gasteiger charge is -2.21. The summed E-state index contributed by atoms with van der Waals surface area (Å²) < 4.78 is 0. The Morgan fingerprint density at radius 2 is 0.682 bits per heavy atom. The maximum atomic E-state index is 2.43. The molecule has 0 heterocycles. The molecule has 9 aromatic carbocycles. The first kappa shape index (κ1) is 24.8. The molecule has 0 saturated heterocycles. The summed E-state index contributed by atoms with van der Waals surface area (Å²) in [4.78, 5) is 0. The van der Waals surface area contributed by atoms with Crippen molar-refractivity contribution in [1.29, 1.82) is 0 Å². The van der Waals surface area contributed by atoms with Gasteiger partial charge in [-0.15, -0.1) is 0 Å². The van der Waals surface area contributed by atoms with Crippen molar-refractivity contribution in [2.45, 2.75) is 0 Å². The first-order valence-electron chi connectivity index (χ1n) is 15.3. The average molecular weight is 557 g/mol. The molecule has 0 aliphatic carbocycles. The van der Waals surface area contributed by atoms with E-state index >= 15 is 0 Å². The van der Waals surface area contributed by atoms with Gasteiger partial charge in [0.2, 0.25) is 0 Å². The zero-order chi connectivity index (χ0) is 29.0. The highest BCUT2D eigenvalue weighted by Crippen LogP contribution is 2.48. The van der Waals surface area contributed by atoms with Crippen LogP contribution in [0.25, 0.3) is 87.2 Å². The third-order valence-electron chi connectivity index (χ3n) is 9.21. The quantitative estimate of drug-likeness (QED) is 0.150. The van der Waals surface area contributed by atoms with E-state index in [1.54, 1.807) is 0 Å². The summed E-state index contributed by atoms with van der Waals surface area (Å²) in [5, 5.41) is 12.8. The van der Waals surface area contributed by atoms with Gasteiger partial charge in [-0.1, -0.05) is 152 Å². The van der Waals surface area contributed by atoms with Crippen LogP contribution in [-0.4, -0.2) is 0 Å². The van der Waals surface area contributed by atoms with Gasteiger partial charge in [0.15, 0.2) is 0 Å². The van der Waals surface area contributed by atoms with Crippen LogP contribution in [0.2, 0.25) is 0 Å². The van der Waals surface area contributed by atoms with Crippen LogP contribution in [0.5, 0.6) is 0 Å². The van der Waals surface area contributed by atoms with Crippen molar-refractivity contribution in [1.82, 2.24) is 0 Å². The molecule has 0 aliphatic rings. The fourth-order valence-electron chi connectivity index (χ4n) is 7.28. The molecule has 0 aromatic heterocycles. The predicted octanol–water partition coefficient (Wildman–Crippen LogP) is 12.5. The van der Waals surface area contributed by atoms with Crippen molar-refractivity contribution < 1.29 is 0 Å². The fraction of sp³-hybridized carbons (Fsp3) is 0. The lowest BCUT2D eigenvalue weighted by molar-refractivity contribution is 1.61. The predicted molar refractivity (Wildman–Crippen MR) is 190 cm³/mol. The van der Waals surface area contributed by atoms with E-state index < -0.39 is 0 Å². The molecule has 0 atom stereocenters. The summed E-state index contributed by atoms with van der Waals surface area (Å²) in [7, 11) is 0. The standard InChI is InChI=1S/C44H28/c1-2-14-29(15-3-1)33-18-6-9-21-36(33)43-37-22-10-12-24-39(37)44(40-25-13-11-23-38(40)43)42-28-32-26-30-16-4-5-17-31(30)27-41(32)34-19-7-8-20-35(34)42/h1-28H. The first-order valence-corrected chi connectivity index (χ1v) is 15.3. The summed E-state index contributed by atoms with van der Waals surface area (Å²) in [6.07, 6.45) is 0. The van der Waals surface area contributed by atoms with E-state index in [0.29, 0.717) is 0 Å². The zero-order valence-corrected chi connectivity index (χ0v) is 24.2. The van der Waals surface area contributed by atoms with Crippen LogP contribution in [0.1, 0.15) is 0 Å². The highest BCUT2D eigenvalue weighted by Gasteiger charge is 2.20. The van der Waals surface area contributed by atoms with E-state index in [-0.39, 0.29) is 0 Å². The van der Waals surface area contributed by atoms with Crippen molar-refractivity contribution >= 4 is 53.9 Å². The lowest BCUT2D eigenvalue weighted by atomic mass is 9.82. The SMILES string of the molecule is c1ccc(-c2ccccc2-c2c3ccccc3c(-c3cc4cc5ccccc5cc4c4ccccc34)c3ccccc23)cc1. The van der Waals surface area contributed by atoms with Crippen LogP contribution in [0.4, 0.5) is 0 Å². The van der Waals surface area contributed by atoms with E-state index in [4.69, 9.17) is 0 Å². The van der Waals surface area contributed by atoms with Crippen LogP contribution in [0.3, 0.4) is 0 Å². The van der Waals surface area contributed by atoms with Crippen LogP contribution in [0, 0.1) is 0 Å². The number of hydrogen-bond donors (Lipinski definition) is 0. The van der Waals surface area contributed by atoms with E-state index in [2.05, 4.69) is 170 Å². The van der Waals surface area contributed by atoms with Crippen molar-refractivity contribution in [3.05, 3.63) is 170 Å². The van der Waals surface area contributed by atoms with Crippen LogP contribution >= 0.6 is 0 Å². The van der Waals surface area contributed by atoms with Gasteiger partial charge in [-0.3, -0.25) is 0 Å². The molecule has 0 heteroatoms. The lowest BCUT2D eigenvalue weighted by Crippen LogP contribution is -1.93. The van der Waals surface area contributed by atoms with Gasteiger partial charge in [-0.05, 0) is 105 Å². The molecule has 0 fully saturated rings. The van der Waals surface area contributed by atoms with Gasteiger partial charge in [-0.25, -0.2) is 0 Å². The third-order valence-corrected chi connectivity index (χ3v) is 9.21. The topological polar surface area (TPSA) is 0 Å². The second-order valence-electron chi connectivity index (χ2n) is 11.6. The largest absolute Gasteiger partial charge is 0.0622 e. The Kier molecular flexibility index (Phi) is 5.61. The maximum absolute atomic E-state index is 2.43. The van der Waals surface area contributed by atoms with Crippen LogP contribution in [-0.2, 0) is 0 Å². The highest BCUT2D eigenvalue weighted by molar-refractivity contribution is 6.26. The fourth-order valence-corrected chi connectivity index (χ4v) is 7.28. The van der Waals surface area contributed by atoms with Gasteiger partial charge in [0.1, 0.15) is 0 Å². The first-order chi connectivity index (χ1) is 21.8. The minimum absolute atomic E-state index is 1.23. The molecule has 0 bridgehead atoms. The molecule has 0 radical (unpaired) electrons. The van der Waals surface area contributed by atoms with E-state index in [9.17, 15) is 0 Å². The van der Waals surface area contributed by atoms with Crippen molar-refractivity contribution in [3.8, 4) is 33.4 Å². The number of rotatable bonds is 3. The molecule has 0 unspecified atom stereocenters. The molecular weight excluding hydrogens is 528 g/mol. The highest BCUT2D eigenvalue weighted by atomic mass is 14.2. The molecule has 0 N–H and O–H groups in total. The molecule has 0 saturated carbocycles. The second-order valence-corrected chi connectivity index (χ2v) is 11.6. The van der Waals surface area contributed by atoms with Crippen LogP contribution < -0.4 is 0 Å². The second kappa shape index (κ2) is 9.93. The summed E-state index contributed by atoms with van der Waals surface area (Å²) in [5.41, 5.74) is 7.59. The Labute approximate surface area is 256 Å². The minimum Gasteiger partial charge on any atom is -0.0622 e. The minimum atomic E-state index is 1.23. The normalized spacial score (nSPS) is 11.6. The molecule has 0 aliphatic heterocycles. The maximum Gasteiger partial charge on any atom is -0.00199 e. The molecule has 44 heavy (non-hydrogen) atoms. The van der Waals surface area contributed by atoms with Gasteiger partial charge in [-0.2, -0.15) is 0 Å². The molecule has 0 amide bonds. The Hall–Kier alpha value is -5.72. The summed E-state index contributed by atoms with van der Waals surface area (Å²) >= 11 is 0. The summed E-state index contributed by atoms with van der Waals surface area (Å²) in [6, 6.07) is 62.3. The van der Waals surface area contributed by atoms with Gasteiger partial charge in [0, 0.05) is 0 Å². The van der Waals surface area contributed by atoms with E-state index in [1.807, 2.05) is 0 Å². The van der Waals surface area contributed by atoms with Crippen LogP contribution in [0.15, 0.2) is 170 Å². The van der Waals surface area contributed by atoms with Gasteiger partial charge >= 0.3 is 0 Å². The zero-order valence-electron chi connectivity index (χ0n) is 24.2. The number of benzene rings is 9. The Morgan fingerprint density at radius 1 is 0.227 bits per heavy atom. The number of hydrogen-bond acceptors (Lipinski definition) is 0. The Morgan fingerprint density at radius 3 is 1.32 bits per heavy atom. The Bertz CT molecular complexity index is 2480. The molecule has 9 aromatic rings. The van der Waals surface area contributed by atoms with Crippen molar-refractivity contribution in [2.24, 2.45) is 0 Å². The van der Waals surface area contributed by atoms with E-state index in [0.717, 1.165) is 0 Å². The summed E-state index contributed by atoms with van der Waals surface area (Å²) in [5.74, 6) is 0. The van der Waals surface area contributed by atoms with Gasteiger partial charge < -0.3 is 0 Å². The third kappa shape index (κ3) is 3.78. The van der Waals surface area contributed by atoms with Crippen molar-refractivity contribution in [3.63, 3.8) is 0 Å². The van der Waals surface area contributed by atoms with Gasteiger partial charge in [0.25, 0.3) is 0 Å². The monoisotopic (exact) mass is 556 g/mol. The Balaban J connectivity index is 1.44. The average Bonchev–Trinajstić information content (AvgIpc) is 3.10.